The van der Waals surface area contributed by atoms with Gasteiger partial charge in [0.15, 0.2) is 5.78 Å². The summed E-state index contributed by atoms with van der Waals surface area (Å²) in [4.78, 5) is 23.8. The van der Waals surface area contributed by atoms with Crippen LogP contribution in [0, 0.1) is 0 Å². The number of halogens is 2. The molecule has 0 aliphatic carbocycles. The Hall–Kier alpha value is -1.84. The Morgan fingerprint density at radius 3 is 2.67 bits per heavy atom. The summed E-state index contributed by atoms with van der Waals surface area (Å²) >= 11 is 12.2. The van der Waals surface area contributed by atoms with Gasteiger partial charge in [-0.15, -0.1) is 0 Å². The van der Waals surface area contributed by atoms with Gasteiger partial charge in [0.1, 0.15) is 0 Å². The fourth-order valence-corrected chi connectivity index (χ4v) is 2.84. The lowest BCUT2D eigenvalue weighted by Gasteiger charge is -2.08. The molecule has 1 heterocycles. The molecule has 3 rings (SSSR count). The van der Waals surface area contributed by atoms with E-state index in [0.29, 0.717) is 21.3 Å². The van der Waals surface area contributed by atoms with E-state index in [9.17, 15) is 9.59 Å². The topological polar surface area (TPSA) is 46.2 Å². The number of anilines is 1. The molecular weight excluding hydrogens is 309 g/mol. The number of fused-ring (bicyclic) bond motifs is 1. The zero-order chi connectivity index (χ0) is 15.0. The first-order valence-corrected chi connectivity index (χ1v) is 7.19. The van der Waals surface area contributed by atoms with Crippen LogP contribution in [0.3, 0.4) is 0 Å². The Morgan fingerprint density at radius 1 is 1.14 bits per heavy atom. The first kappa shape index (κ1) is 14.1. The van der Waals surface area contributed by atoms with Crippen molar-refractivity contribution in [2.75, 3.05) is 5.32 Å². The maximum atomic E-state index is 12.4. The summed E-state index contributed by atoms with van der Waals surface area (Å²) in [5, 5.41) is 3.60. The van der Waals surface area contributed by atoms with Crippen LogP contribution >= 0.6 is 23.2 Å². The van der Waals surface area contributed by atoms with Crippen molar-refractivity contribution in [2.24, 2.45) is 0 Å². The molecule has 1 amide bonds. The smallest absolute Gasteiger partial charge is 0.228 e. The maximum absolute atomic E-state index is 12.4. The van der Waals surface area contributed by atoms with Gasteiger partial charge in [-0.3, -0.25) is 9.59 Å². The fourth-order valence-electron chi connectivity index (χ4n) is 2.37. The average Bonchev–Trinajstić information content (AvgIpc) is 2.79. The Balaban J connectivity index is 1.91. The lowest BCUT2D eigenvalue weighted by atomic mass is 10.00. The molecule has 2 aromatic carbocycles. The van der Waals surface area contributed by atoms with Crippen LogP contribution in [0.15, 0.2) is 36.4 Å². The molecular formula is C16H11Cl2NO2. The van der Waals surface area contributed by atoms with E-state index in [1.807, 2.05) is 18.2 Å². The van der Waals surface area contributed by atoms with Gasteiger partial charge in [0.2, 0.25) is 5.91 Å². The Kier molecular flexibility index (Phi) is 3.70. The highest BCUT2D eigenvalue weighted by atomic mass is 35.5. The molecule has 0 aromatic heterocycles. The predicted octanol–water partition coefficient (Wildman–Crippen LogP) is 3.91. The molecule has 0 saturated carbocycles. The molecule has 0 fully saturated rings. The van der Waals surface area contributed by atoms with Crippen LogP contribution in [0.2, 0.25) is 10.0 Å². The van der Waals surface area contributed by atoms with E-state index in [1.165, 1.54) is 0 Å². The monoisotopic (exact) mass is 319 g/mol. The van der Waals surface area contributed by atoms with E-state index < -0.39 is 0 Å². The third kappa shape index (κ3) is 2.80. The Bertz CT molecular complexity index is 756. The molecule has 1 aliphatic heterocycles. The highest BCUT2D eigenvalue weighted by Gasteiger charge is 2.22. The van der Waals surface area contributed by atoms with Gasteiger partial charge in [-0.05, 0) is 29.3 Å². The van der Waals surface area contributed by atoms with Gasteiger partial charge >= 0.3 is 0 Å². The molecule has 0 saturated heterocycles. The van der Waals surface area contributed by atoms with Gasteiger partial charge in [-0.2, -0.15) is 0 Å². The zero-order valence-electron chi connectivity index (χ0n) is 11.0. The second-order valence-electron chi connectivity index (χ2n) is 4.91. The van der Waals surface area contributed by atoms with Crippen molar-refractivity contribution in [2.45, 2.75) is 12.8 Å². The minimum absolute atomic E-state index is 0.0863. The molecule has 1 N–H and O–H groups in total. The van der Waals surface area contributed by atoms with Crippen LogP contribution in [0.4, 0.5) is 5.69 Å². The molecule has 1 aliphatic rings. The average molecular weight is 320 g/mol. The Morgan fingerprint density at radius 2 is 1.90 bits per heavy atom. The van der Waals surface area contributed by atoms with Crippen LogP contribution < -0.4 is 5.32 Å². The molecule has 0 radical (unpaired) electrons. The molecule has 0 atom stereocenters. The standard InChI is InChI=1S/C16H11Cl2NO2/c17-12-4-2-1-3-9(12)6-15(20)11-5-10-7-16(21)19-14(10)8-13(11)18/h1-5,8H,6-7H2,(H,19,21). The van der Waals surface area contributed by atoms with E-state index in [1.54, 1.807) is 18.2 Å². The Labute approximate surface area is 131 Å². The summed E-state index contributed by atoms with van der Waals surface area (Å²) in [5.41, 5.74) is 2.66. The lowest BCUT2D eigenvalue weighted by Crippen LogP contribution is -2.05. The summed E-state index contributed by atoms with van der Waals surface area (Å²) in [6, 6.07) is 10.5. The van der Waals surface area contributed by atoms with Gasteiger partial charge < -0.3 is 5.32 Å². The van der Waals surface area contributed by atoms with Crippen molar-refractivity contribution < 1.29 is 9.59 Å². The first-order valence-electron chi connectivity index (χ1n) is 6.43. The van der Waals surface area contributed by atoms with Crippen LogP contribution in [0.1, 0.15) is 21.5 Å². The van der Waals surface area contributed by atoms with E-state index in [2.05, 4.69) is 5.32 Å². The van der Waals surface area contributed by atoms with Crippen molar-refractivity contribution in [1.29, 1.82) is 0 Å². The van der Waals surface area contributed by atoms with Crippen LogP contribution in [-0.2, 0) is 17.6 Å². The van der Waals surface area contributed by atoms with E-state index in [-0.39, 0.29) is 24.5 Å². The second-order valence-corrected chi connectivity index (χ2v) is 5.72. The molecule has 21 heavy (non-hydrogen) atoms. The number of nitrogens with one attached hydrogen (secondary N) is 1. The van der Waals surface area contributed by atoms with Crippen LogP contribution in [-0.4, -0.2) is 11.7 Å². The molecule has 106 valence electrons. The number of rotatable bonds is 3. The molecule has 0 bridgehead atoms. The third-order valence-electron chi connectivity index (χ3n) is 3.43. The van der Waals surface area contributed by atoms with Crippen LogP contribution in [0.25, 0.3) is 0 Å². The van der Waals surface area contributed by atoms with Gasteiger partial charge in [0.25, 0.3) is 0 Å². The van der Waals surface area contributed by atoms with E-state index in [4.69, 9.17) is 23.2 Å². The molecule has 0 spiro atoms. The number of Topliss-reactive ketones (excluding diaryl/α,β-unsaturated/α-hetero) is 1. The third-order valence-corrected chi connectivity index (χ3v) is 4.11. The van der Waals surface area contributed by atoms with Gasteiger partial charge in [0.05, 0.1) is 11.4 Å². The summed E-state index contributed by atoms with van der Waals surface area (Å²) in [5.74, 6) is -0.202. The summed E-state index contributed by atoms with van der Waals surface area (Å²) in [7, 11) is 0. The number of carbonyl (C=O) groups excluding carboxylic acids is 2. The van der Waals surface area contributed by atoms with Crippen molar-refractivity contribution >= 4 is 40.6 Å². The van der Waals surface area contributed by atoms with Gasteiger partial charge in [0, 0.05) is 22.7 Å². The number of amides is 1. The number of hydrogen-bond donors (Lipinski definition) is 1. The zero-order valence-corrected chi connectivity index (χ0v) is 12.5. The van der Waals surface area contributed by atoms with Crippen molar-refractivity contribution in [3.63, 3.8) is 0 Å². The predicted molar refractivity (Wildman–Crippen MR) is 83.3 cm³/mol. The second kappa shape index (κ2) is 5.51. The quantitative estimate of drug-likeness (QED) is 0.872. The lowest BCUT2D eigenvalue weighted by molar-refractivity contribution is -0.115. The van der Waals surface area contributed by atoms with Gasteiger partial charge in [-0.25, -0.2) is 0 Å². The SMILES string of the molecule is O=C1Cc2cc(C(=O)Cc3ccccc3Cl)c(Cl)cc2N1. The normalized spacial score (nSPS) is 13.0. The van der Waals surface area contributed by atoms with Crippen molar-refractivity contribution in [1.82, 2.24) is 0 Å². The molecule has 2 aromatic rings. The number of hydrogen-bond acceptors (Lipinski definition) is 2. The molecule has 0 unspecified atom stereocenters. The van der Waals surface area contributed by atoms with Crippen molar-refractivity contribution in [3.05, 3.63) is 63.1 Å². The number of carbonyl (C=O) groups is 2. The molecule has 3 nitrogen and oxygen atoms in total. The van der Waals surface area contributed by atoms with Crippen molar-refractivity contribution in [3.8, 4) is 0 Å². The van der Waals surface area contributed by atoms with E-state index >= 15 is 0 Å². The van der Waals surface area contributed by atoms with Crippen LogP contribution in [0.5, 0.6) is 0 Å². The minimum Gasteiger partial charge on any atom is -0.325 e. The molecule has 5 heteroatoms. The summed E-state index contributed by atoms with van der Waals surface area (Å²) in [6.07, 6.45) is 0.457. The van der Waals surface area contributed by atoms with E-state index in [0.717, 1.165) is 11.1 Å². The fraction of sp³-hybridized carbons (Fsp3) is 0.125. The van der Waals surface area contributed by atoms with Gasteiger partial charge in [-0.1, -0.05) is 41.4 Å². The largest absolute Gasteiger partial charge is 0.325 e. The number of ketones is 1. The maximum Gasteiger partial charge on any atom is 0.228 e. The first-order chi connectivity index (χ1) is 10.0. The summed E-state index contributed by atoms with van der Waals surface area (Å²) < 4.78 is 0. The highest BCUT2D eigenvalue weighted by molar-refractivity contribution is 6.35. The number of benzene rings is 2. The minimum atomic E-state index is -0.116. The summed E-state index contributed by atoms with van der Waals surface area (Å²) in [6.45, 7) is 0. The highest BCUT2D eigenvalue weighted by Crippen LogP contribution is 2.30.